The summed E-state index contributed by atoms with van der Waals surface area (Å²) in [5, 5.41) is 10.9. The van der Waals surface area contributed by atoms with Gasteiger partial charge in [0.25, 0.3) is 0 Å². The predicted octanol–water partition coefficient (Wildman–Crippen LogP) is -0.261. The van der Waals surface area contributed by atoms with Gasteiger partial charge in [0.2, 0.25) is 5.69 Å². The zero-order chi connectivity index (χ0) is 14.7. The number of carbonyl (C=O) groups is 1. The molecule has 2 heterocycles. The summed E-state index contributed by atoms with van der Waals surface area (Å²) in [4.78, 5) is 14.9. The average molecular weight is 312 g/mol. The van der Waals surface area contributed by atoms with Crippen LogP contribution in [0.25, 0.3) is 16.8 Å². The number of hydrogen-bond donors (Lipinski definition) is 0. The van der Waals surface area contributed by atoms with Crippen molar-refractivity contribution in [1.29, 1.82) is 0 Å². The Morgan fingerprint density at radius 2 is 1.52 bits per heavy atom. The van der Waals surface area contributed by atoms with E-state index in [1.165, 1.54) is 6.07 Å². The summed E-state index contributed by atoms with van der Waals surface area (Å²) in [6.07, 6.45) is 7.29. The Labute approximate surface area is 132 Å². The van der Waals surface area contributed by atoms with Crippen LogP contribution in [0, 0.1) is 0 Å². The highest BCUT2D eigenvalue weighted by Crippen LogP contribution is 2.16. The molecular formula is C17H16N2O4. The fraction of sp³-hybridized carbons (Fsp3) is 0. The summed E-state index contributed by atoms with van der Waals surface area (Å²) < 4.78 is 1.86. The minimum Gasteiger partial charge on any atom is -0.545 e. The van der Waals surface area contributed by atoms with Gasteiger partial charge in [0.05, 0.1) is 5.97 Å². The van der Waals surface area contributed by atoms with E-state index < -0.39 is 5.97 Å². The lowest BCUT2D eigenvalue weighted by atomic mass is 10.1. The maximum absolute atomic E-state index is 10.9. The molecule has 23 heavy (non-hydrogen) atoms. The van der Waals surface area contributed by atoms with Gasteiger partial charge in [-0.25, -0.2) is 0 Å². The Balaban J connectivity index is 0.00000132. The van der Waals surface area contributed by atoms with Gasteiger partial charge in [-0.1, -0.05) is 12.1 Å². The number of hydrogen-bond acceptors (Lipinski definition) is 3. The Bertz CT molecular complexity index is 774. The molecule has 6 nitrogen and oxygen atoms in total. The van der Waals surface area contributed by atoms with Crippen LogP contribution < -0.4 is 9.67 Å². The topological polar surface area (TPSA) is 120 Å². The molecule has 2 aromatic heterocycles. The van der Waals surface area contributed by atoms with Crippen LogP contribution >= 0.6 is 0 Å². The van der Waals surface area contributed by atoms with Crippen molar-refractivity contribution in [3.8, 4) is 16.8 Å². The van der Waals surface area contributed by atoms with Crippen molar-refractivity contribution in [2.45, 2.75) is 0 Å². The minimum atomic E-state index is -1.18. The second kappa shape index (κ2) is 7.79. The van der Waals surface area contributed by atoms with Gasteiger partial charge in [0.15, 0.2) is 12.4 Å². The first kappa shape index (κ1) is 18.0. The number of carboxylic acid groups (broad SMARTS) is 1. The summed E-state index contributed by atoms with van der Waals surface area (Å²) in [7, 11) is 0. The zero-order valence-electron chi connectivity index (χ0n) is 12.1. The smallest absolute Gasteiger partial charge is 0.211 e. The van der Waals surface area contributed by atoms with E-state index in [9.17, 15) is 9.90 Å². The van der Waals surface area contributed by atoms with Gasteiger partial charge < -0.3 is 20.9 Å². The molecule has 1 aromatic carbocycles. The molecule has 0 atom stereocenters. The highest BCUT2D eigenvalue weighted by molar-refractivity contribution is 5.86. The van der Waals surface area contributed by atoms with E-state index in [4.69, 9.17) is 0 Å². The van der Waals surface area contributed by atoms with Crippen LogP contribution in [-0.2, 0) is 0 Å². The third kappa shape index (κ3) is 3.97. The van der Waals surface area contributed by atoms with Gasteiger partial charge in [-0.05, 0) is 23.3 Å². The summed E-state index contributed by atoms with van der Waals surface area (Å²) in [6, 6.07) is 14.5. The maximum Gasteiger partial charge on any atom is 0.211 e. The first-order valence-corrected chi connectivity index (χ1v) is 6.47. The lowest BCUT2D eigenvalue weighted by Gasteiger charge is -2.03. The molecule has 0 amide bonds. The molecule has 0 fully saturated rings. The zero-order valence-corrected chi connectivity index (χ0v) is 12.1. The first-order chi connectivity index (χ1) is 10.2. The highest BCUT2D eigenvalue weighted by atomic mass is 16.4. The van der Waals surface area contributed by atoms with E-state index in [0.717, 1.165) is 16.8 Å². The molecule has 6 heteroatoms. The average Bonchev–Trinajstić information content (AvgIpc) is 2.56. The number of carbonyl (C=O) groups excluding carboxylic acids is 1. The number of aromatic carboxylic acids is 1. The highest BCUT2D eigenvalue weighted by Gasteiger charge is 2.07. The number of benzene rings is 1. The van der Waals surface area contributed by atoms with E-state index in [2.05, 4.69) is 4.98 Å². The monoisotopic (exact) mass is 312 g/mol. The third-order valence-corrected chi connectivity index (χ3v) is 3.22. The van der Waals surface area contributed by atoms with Crippen LogP contribution in [0.3, 0.4) is 0 Å². The van der Waals surface area contributed by atoms with Gasteiger partial charge in [-0.2, -0.15) is 4.57 Å². The van der Waals surface area contributed by atoms with Gasteiger partial charge in [-0.3, -0.25) is 4.98 Å². The fourth-order valence-corrected chi connectivity index (χ4v) is 2.13. The molecule has 0 bridgehead atoms. The van der Waals surface area contributed by atoms with Crippen LogP contribution in [0.15, 0.2) is 73.3 Å². The number of nitrogens with zero attached hydrogens (tertiary/aromatic N) is 2. The van der Waals surface area contributed by atoms with Crippen molar-refractivity contribution >= 4 is 5.97 Å². The molecule has 3 rings (SSSR count). The molecule has 118 valence electrons. The van der Waals surface area contributed by atoms with Crippen molar-refractivity contribution in [3.05, 3.63) is 78.9 Å². The Morgan fingerprint density at radius 3 is 2.13 bits per heavy atom. The Hall–Kier alpha value is -3.09. The molecule has 0 aliphatic carbocycles. The van der Waals surface area contributed by atoms with Gasteiger partial charge >= 0.3 is 0 Å². The lowest BCUT2D eigenvalue weighted by molar-refractivity contribution is -0.595. The van der Waals surface area contributed by atoms with Gasteiger partial charge in [0.1, 0.15) is 0 Å². The van der Waals surface area contributed by atoms with Crippen LogP contribution in [-0.4, -0.2) is 21.9 Å². The van der Waals surface area contributed by atoms with E-state index >= 15 is 0 Å². The van der Waals surface area contributed by atoms with E-state index in [1.807, 2.05) is 47.3 Å². The molecule has 0 aliphatic rings. The molecule has 0 spiro atoms. The quantitative estimate of drug-likeness (QED) is 0.619. The largest absolute Gasteiger partial charge is 0.545 e. The first-order valence-electron chi connectivity index (χ1n) is 6.47. The maximum atomic E-state index is 10.9. The number of aromatic nitrogens is 2. The number of rotatable bonds is 3. The van der Waals surface area contributed by atoms with E-state index in [-0.39, 0.29) is 16.5 Å². The van der Waals surface area contributed by atoms with Crippen molar-refractivity contribution in [2.24, 2.45) is 0 Å². The van der Waals surface area contributed by atoms with Crippen LogP contribution in [0.4, 0.5) is 0 Å². The fourth-order valence-electron chi connectivity index (χ4n) is 2.13. The normalized spacial score (nSPS) is 9.39. The summed E-state index contributed by atoms with van der Waals surface area (Å²) in [5.41, 5.74) is 3.10. The molecule has 3 aromatic rings. The van der Waals surface area contributed by atoms with Gasteiger partial charge in [-0.15, -0.1) is 0 Å². The summed E-state index contributed by atoms with van der Waals surface area (Å²) in [6.45, 7) is 0. The van der Waals surface area contributed by atoms with Crippen molar-refractivity contribution < 1.29 is 25.4 Å². The number of carboxylic acids is 1. The number of pyridine rings is 2. The van der Waals surface area contributed by atoms with Crippen molar-refractivity contribution in [2.75, 3.05) is 0 Å². The molecule has 0 saturated heterocycles. The molecule has 0 unspecified atom stereocenters. The predicted molar refractivity (Wildman–Crippen MR) is 82.8 cm³/mol. The van der Waals surface area contributed by atoms with E-state index in [0.29, 0.717) is 0 Å². The summed E-state index contributed by atoms with van der Waals surface area (Å²) >= 11 is 0. The van der Waals surface area contributed by atoms with Crippen molar-refractivity contribution in [1.82, 2.24) is 4.98 Å². The second-order valence-corrected chi connectivity index (χ2v) is 4.57. The van der Waals surface area contributed by atoms with Crippen LogP contribution in [0.5, 0.6) is 0 Å². The Morgan fingerprint density at radius 1 is 0.913 bits per heavy atom. The van der Waals surface area contributed by atoms with Crippen LogP contribution in [0.2, 0.25) is 0 Å². The molecular weight excluding hydrogens is 296 g/mol. The second-order valence-electron chi connectivity index (χ2n) is 4.57. The molecule has 0 saturated carbocycles. The Kier molecular flexibility index (Phi) is 6.08. The molecule has 4 N–H and O–H groups in total. The van der Waals surface area contributed by atoms with E-state index in [1.54, 1.807) is 24.5 Å². The molecule has 0 aliphatic heterocycles. The third-order valence-electron chi connectivity index (χ3n) is 3.22. The minimum absolute atomic E-state index is 0. The SMILES string of the molecule is O.O.O=C([O-])c1cccc(-[n+]2ccc(-c3ccncc3)cc2)c1. The lowest BCUT2D eigenvalue weighted by Crippen LogP contribution is -2.30. The summed E-state index contributed by atoms with van der Waals surface area (Å²) in [5.74, 6) is -1.18. The standard InChI is InChI=1S/C17H12N2O2.2H2O/c20-17(21)15-2-1-3-16(12-15)19-10-6-14(7-11-19)13-4-8-18-9-5-13;;/h1-12H;2*1H2. The molecule has 0 radical (unpaired) electrons. The van der Waals surface area contributed by atoms with Gasteiger partial charge in [0, 0.05) is 42.2 Å². The van der Waals surface area contributed by atoms with Crippen molar-refractivity contribution in [3.63, 3.8) is 0 Å². The van der Waals surface area contributed by atoms with Crippen LogP contribution in [0.1, 0.15) is 10.4 Å².